The summed E-state index contributed by atoms with van der Waals surface area (Å²) in [5, 5.41) is 0. The number of amides is 1. The number of ether oxygens (including phenoxy) is 1. The Morgan fingerprint density at radius 3 is 2.16 bits per heavy atom. The molecule has 0 saturated carbocycles. The van der Waals surface area contributed by atoms with Crippen molar-refractivity contribution in [3.63, 3.8) is 0 Å². The molecule has 0 N–H and O–H groups in total. The molecule has 132 valence electrons. The Labute approximate surface area is 150 Å². The Hall–Kier alpha value is -2.29. The number of hydrogen-bond acceptors (Lipinski definition) is 2. The first kappa shape index (κ1) is 17.5. The summed E-state index contributed by atoms with van der Waals surface area (Å²) in [4.78, 5) is 14.1. The lowest BCUT2D eigenvalue weighted by molar-refractivity contribution is -0.134. The fourth-order valence-corrected chi connectivity index (χ4v) is 3.37. The van der Waals surface area contributed by atoms with Crippen LogP contribution in [-0.4, -0.2) is 30.5 Å². The molecule has 3 rings (SSSR count). The molecule has 0 radical (unpaired) electrons. The fraction of sp³-hybridized carbons (Fsp3) is 0.409. The molecule has 3 nitrogen and oxygen atoms in total. The number of piperidine rings is 1. The van der Waals surface area contributed by atoms with E-state index in [2.05, 4.69) is 50.2 Å². The SMILES string of the molecule is CC(C)(c1ccccc1)c1ccc(OCC(=O)N2CCCCC2)cc1. The normalized spacial score (nSPS) is 15.0. The summed E-state index contributed by atoms with van der Waals surface area (Å²) in [6, 6.07) is 18.6. The van der Waals surface area contributed by atoms with E-state index in [1.165, 1.54) is 17.5 Å². The van der Waals surface area contributed by atoms with Crippen LogP contribution in [0.1, 0.15) is 44.2 Å². The minimum atomic E-state index is -0.0661. The van der Waals surface area contributed by atoms with Gasteiger partial charge < -0.3 is 9.64 Å². The summed E-state index contributed by atoms with van der Waals surface area (Å²) < 4.78 is 5.70. The predicted molar refractivity (Wildman–Crippen MR) is 101 cm³/mol. The van der Waals surface area contributed by atoms with Gasteiger partial charge in [-0.2, -0.15) is 0 Å². The summed E-state index contributed by atoms with van der Waals surface area (Å²) in [7, 11) is 0. The van der Waals surface area contributed by atoms with Crippen molar-refractivity contribution in [2.24, 2.45) is 0 Å². The van der Waals surface area contributed by atoms with Crippen LogP contribution in [0.2, 0.25) is 0 Å². The fourth-order valence-electron chi connectivity index (χ4n) is 3.37. The zero-order valence-corrected chi connectivity index (χ0v) is 15.2. The molecule has 1 heterocycles. The van der Waals surface area contributed by atoms with Gasteiger partial charge in [0.15, 0.2) is 6.61 Å². The number of hydrogen-bond donors (Lipinski definition) is 0. The van der Waals surface area contributed by atoms with Gasteiger partial charge in [-0.1, -0.05) is 56.3 Å². The molecule has 0 aliphatic carbocycles. The summed E-state index contributed by atoms with van der Waals surface area (Å²) in [5.41, 5.74) is 2.45. The van der Waals surface area contributed by atoms with E-state index in [4.69, 9.17) is 4.74 Å². The number of carbonyl (C=O) groups excluding carboxylic acids is 1. The van der Waals surface area contributed by atoms with Crippen molar-refractivity contribution < 1.29 is 9.53 Å². The van der Waals surface area contributed by atoms with Gasteiger partial charge in [0.2, 0.25) is 0 Å². The first-order chi connectivity index (χ1) is 12.1. The summed E-state index contributed by atoms with van der Waals surface area (Å²) in [6.45, 7) is 6.30. The molecule has 1 fully saturated rings. The van der Waals surface area contributed by atoms with Crippen molar-refractivity contribution >= 4 is 5.91 Å². The molecule has 0 aromatic heterocycles. The topological polar surface area (TPSA) is 29.5 Å². The van der Waals surface area contributed by atoms with Crippen molar-refractivity contribution in [3.8, 4) is 5.75 Å². The maximum atomic E-state index is 12.2. The Kier molecular flexibility index (Phi) is 5.42. The molecule has 1 saturated heterocycles. The highest BCUT2D eigenvalue weighted by Gasteiger charge is 2.23. The Morgan fingerprint density at radius 1 is 0.920 bits per heavy atom. The average molecular weight is 337 g/mol. The molecule has 0 unspecified atom stereocenters. The number of likely N-dealkylation sites (tertiary alicyclic amines) is 1. The zero-order valence-electron chi connectivity index (χ0n) is 15.2. The monoisotopic (exact) mass is 337 g/mol. The third-order valence-corrected chi connectivity index (χ3v) is 5.14. The van der Waals surface area contributed by atoms with Crippen molar-refractivity contribution in [1.82, 2.24) is 4.90 Å². The molecule has 1 amide bonds. The molecule has 2 aromatic carbocycles. The smallest absolute Gasteiger partial charge is 0.260 e. The minimum absolute atomic E-state index is 0.0661. The lowest BCUT2D eigenvalue weighted by Crippen LogP contribution is -2.38. The van der Waals surface area contributed by atoms with Crippen LogP contribution in [0.5, 0.6) is 5.75 Å². The van der Waals surface area contributed by atoms with E-state index in [1.807, 2.05) is 23.1 Å². The van der Waals surface area contributed by atoms with Crippen LogP contribution in [0.4, 0.5) is 0 Å². The third-order valence-electron chi connectivity index (χ3n) is 5.14. The van der Waals surface area contributed by atoms with Crippen LogP contribution in [0.3, 0.4) is 0 Å². The van der Waals surface area contributed by atoms with Crippen LogP contribution >= 0.6 is 0 Å². The molecule has 2 aromatic rings. The third kappa shape index (κ3) is 4.22. The van der Waals surface area contributed by atoms with E-state index in [0.29, 0.717) is 0 Å². The summed E-state index contributed by atoms with van der Waals surface area (Å²) in [5.74, 6) is 0.839. The Balaban J connectivity index is 1.61. The number of carbonyl (C=O) groups is 1. The van der Waals surface area contributed by atoms with Crippen LogP contribution in [0.15, 0.2) is 54.6 Å². The molecule has 0 spiro atoms. The second-order valence-corrected chi connectivity index (χ2v) is 7.25. The standard InChI is InChI=1S/C22H27NO2/c1-22(2,18-9-5-3-6-10-18)19-11-13-20(14-12-19)25-17-21(24)23-15-7-4-8-16-23/h3,5-6,9-14H,4,7-8,15-17H2,1-2H3. The number of rotatable bonds is 5. The highest BCUT2D eigenvalue weighted by atomic mass is 16.5. The number of nitrogens with zero attached hydrogens (tertiary/aromatic N) is 1. The van der Waals surface area contributed by atoms with E-state index >= 15 is 0 Å². The predicted octanol–water partition coefficient (Wildman–Crippen LogP) is 4.40. The molecule has 0 bridgehead atoms. The second kappa shape index (κ2) is 7.73. The van der Waals surface area contributed by atoms with Gasteiger partial charge >= 0.3 is 0 Å². The highest BCUT2D eigenvalue weighted by molar-refractivity contribution is 5.77. The molecular formula is C22H27NO2. The van der Waals surface area contributed by atoms with E-state index in [1.54, 1.807) is 0 Å². The van der Waals surface area contributed by atoms with Gasteiger partial charge in [-0.05, 0) is 42.5 Å². The Bertz CT molecular complexity index is 686. The zero-order chi connectivity index (χ0) is 17.7. The lowest BCUT2D eigenvalue weighted by Gasteiger charge is -2.27. The van der Waals surface area contributed by atoms with Gasteiger partial charge in [0.1, 0.15) is 5.75 Å². The minimum Gasteiger partial charge on any atom is -0.484 e. The molecule has 0 atom stereocenters. The van der Waals surface area contributed by atoms with Crippen molar-refractivity contribution in [1.29, 1.82) is 0 Å². The van der Waals surface area contributed by atoms with Gasteiger partial charge in [0, 0.05) is 18.5 Å². The van der Waals surface area contributed by atoms with E-state index < -0.39 is 0 Å². The summed E-state index contributed by atoms with van der Waals surface area (Å²) >= 11 is 0. The first-order valence-corrected chi connectivity index (χ1v) is 9.14. The van der Waals surface area contributed by atoms with Crippen molar-refractivity contribution in [2.75, 3.05) is 19.7 Å². The molecule has 25 heavy (non-hydrogen) atoms. The van der Waals surface area contributed by atoms with Crippen molar-refractivity contribution in [2.45, 2.75) is 38.5 Å². The molecular weight excluding hydrogens is 310 g/mol. The van der Waals surface area contributed by atoms with E-state index in [-0.39, 0.29) is 17.9 Å². The van der Waals surface area contributed by atoms with Crippen LogP contribution in [0.25, 0.3) is 0 Å². The first-order valence-electron chi connectivity index (χ1n) is 9.14. The van der Waals surface area contributed by atoms with Gasteiger partial charge in [0.05, 0.1) is 0 Å². The highest BCUT2D eigenvalue weighted by Crippen LogP contribution is 2.32. The van der Waals surface area contributed by atoms with Gasteiger partial charge in [-0.15, -0.1) is 0 Å². The quantitative estimate of drug-likeness (QED) is 0.809. The van der Waals surface area contributed by atoms with Gasteiger partial charge in [-0.25, -0.2) is 0 Å². The van der Waals surface area contributed by atoms with Gasteiger partial charge in [0.25, 0.3) is 5.91 Å². The van der Waals surface area contributed by atoms with Crippen LogP contribution in [0, 0.1) is 0 Å². The molecule has 1 aliphatic rings. The van der Waals surface area contributed by atoms with E-state index in [9.17, 15) is 4.79 Å². The maximum Gasteiger partial charge on any atom is 0.260 e. The van der Waals surface area contributed by atoms with Crippen molar-refractivity contribution in [3.05, 3.63) is 65.7 Å². The van der Waals surface area contributed by atoms with Crippen LogP contribution < -0.4 is 4.74 Å². The summed E-state index contributed by atoms with van der Waals surface area (Å²) in [6.07, 6.45) is 3.44. The second-order valence-electron chi connectivity index (χ2n) is 7.25. The molecule has 3 heteroatoms. The average Bonchev–Trinajstić information content (AvgIpc) is 2.68. The largest absolute Gasteiger partial charge is 0.484 e. The van der Waals surface area contributed by atoms with E-state index in [0.717, 1.165) is 31.7 Å². The lowest BCUT2D eigenvalue weighted by atomic mass is 9.78. The molecule has 1 aliphatic heterocycles. The van der Waals surface area contributed by atoms with Gasteiger partial charge in [-0.3, -0.25) is 4.79 Å². The van der Waals surface area contributed by atoms with Crippen LogP contribution in [-0.2, 0) is 10.2 Å². The maximum absolute atomic E-state index is 12.2. The number of benzene rings is 2. The Morgan fingerprint density at radius 2 is 1.52 bits per heavy atom.